The molecule has 37 heavy (non-hydrogen) atoms. The second-order valence-electron chi connectivity index (χ2n) is 10.5. The molecule has 1 heterocycles. The van der Waals surface area contributed by atoms with Crippen LogP contribution >= 0.6 is 0 Å². The van der Waals surface area contributed by atoms with Gasteiger partial charge in [-0.1, -0.05) is 11.2 Å². The number of nitrogens with one attached hydrogen (secondary N) is 2. The Morgan fingerprint density at radius 2 is 1.84 bits per heavy atom. The Hall–Kier alpha value is -2.88. The third-order valence-electron chi connectivity index (χ3n) is 6.42. The minimum atomic E-state index is -0.503. The topological polar surface area (TPSA) is 101 Å². The summed E-state index contributed by atoms with van der Waals surface area (Å²) in [5.41, 5.74) is 1.57. The van der Waals surface area contributed by atoms with Gasteiger partial charge in [0.1, 0.15) is 17.5 Å². The molecule has 2 aliphatic rings. The van der Waals surface area contributed by atoms with Crippen LogP contribution in [-0.4, -0.2) is 67.3 Å². The number of hydrogen-bond donors (Lipinski definition) is 2. The van der Waals surface area contributed by atoms with Crippen LogP contribution in [0.15, 0.2) is 23.4 Å². The molecule has 1 aliphatic carbocycles. The minimum absolute atomic E-state index is 0.0160. The second kappa shape index (κ2) is 13.6. The van der Waals surface area contributed by atoms with Crippen molar-refractivity contribution in [2.75, 3.05) is 38.2 Å². The van der Waals surface area contributed by atoms with E-state index in [1.807, 2.05) is 27.7 Å². The van der Waals surface area contributed by atoms with Crippen LogP contribution in [0.1, 0.15) is 77.7 Å². The molecule has 2 N–H and O–H groups in total. The number of likely N-dealkylation sites (tertiary alicyclic amines) is 1. The van der Waals surface area contributed by atoms with Gasteiger partial charge in [0.05, 0.1) is 12.3 Å². The largest absolute Gasteiger partial charge is 0.444 e. The normalized spacial score (nSPS) is 18.8. The summed E-state index contributed by atoms with van der Waals surface area (Å²) in [5, 5.41) is 9.72. The first-order valence-corrected chi connectivity index (χ1v) is 13.3. The molecule has 1 aromatic carbocycles. The number of piperidine rings is 1. The van der Waals surface area contributed by atoms with E-state index in [2.05, 4.69) is 15.8 Å². The quantitative estimate of drug-likeness (QED) is 0.352. The van der Waals surface area contributed by atoms with Gasteiger partial charge in [0.2, 0.25) is 0 Å². The average Bonchev–Trinajstić information content (AvgIpc) is 2.85. The molecule has 3 amide bonds. The van der Waals surface area contributed by atoms with Crippen molar-refractivity contribution in [3.05, 3.63) is 29.6 Å². The van der Waals surface area contributed by atoms with Gasteiger partial charge in [-0.15, -0.1) is 0 Å². The van der Waals surface area contributed by atoms with Crippen LogP contribution in [0.3, 0.4) is 0 Å². The number of ether oxygens (including phenoxy) is 2. The highest BCUT2D eigenvalue weighted by Gasteiger charge is 2.28. The van der Waals surface area contributed by atoms with E-state index in [0.717, 1.165) is 44.2 Å². The molecule has 0 bridgehead atoms. The van der Waals surface area contributed by atoms with Crippen LogP contribution in [0, 0.1) is 5.82 Å². The Labute approximate surface area is 219 Å². The van der Waals surface area contributed by atoms with E-state index in [1.54, 1.807) is 17.0 Å². The standard InChI is InChI=1S/C27H41FN4O5/c1-5-35-17-14-29-25(33)30-21-10-11-23(24(28)18-21)19-6-8-20(9-7-19)31-37-22-12-15-32(16-13-22)26(34)36-27(2,3)4/h10-11,18-19,22H,5-9,12-17H2,1-4H3,(H2,29,30,33). The predicted octanol–water partition coefficient (Wildman–Crippen LogP) is 5.41. The van der Waals surface area contributed by atoms with Crippen molar-refractivity contribution in [2.45, 2.75) is 83.8 Å². The summed E-state index contributed by atoms with van der Waals surface area (Å²) >= 11 is 0. The number of carbonyl (C=O) groups is 2. The fraction of sp³-hybridized carbons (Fsp3) is 0.667. The first-order valence-electron chi connectivity index (χ1n) is 13.3. The van der Waals surface area contributed by atoms with E-state index in [4.69, 9.17) is 14.3 Å². The van der Waals surface area contributed by atoms with Crippen molar-refractivity contribution >= 4 is 23.5 Å². The van der Waals surface area contributed by atoms with E-state index in [9.17, 15) is 14.0 Å². The van der Waals surface area contributed by atoms with E-state index >= 15 is 0 Å². The number of amides is 3. The molecule has 0 spiro atoms. The summed E-state index contributed by atoms with van der Waals surface area (Å²) in [6.45, 7) is 10.1. The van der Waals surface area contributed by atoms with E-state index in [1.165, 1.54) is 6.07 Å². The highest BCUT2D eigenvalue weighted by molar-refractivity contribution is 5.89. The lowest BCUT2D eigenvalue weighted by Crippen LogP contribution is -2.43. The van der Waals surface area contributed by atoms with Crippen molar-refractivity contribution in [2.24, 2.45) is 5.16 Å². The Bertz CT molecular complexity index is 931. The summed E-state index contributed by atoms with van der Waals surface area (Å²) in [6.07, 6.45) is 4.22. The number of oxime groups is 1. The number of hydrogen-bond acceptors (Lipinski definition) is 6. The number of rotatable bonds is 8. The van der Waals surface area contributed by atoms with Gasteiger partial charge in [-0.05, 0) is 77.0 Å². The van der Waals surface area contributed by atoms with Crippen molar-refractivity contribution in [1.29, 1.82) is 0 Å². The lowest BCUT2D eigenvalue weighted by molar-refractivity contribution is -0.0103. The number of nitrogens with zero attached hydrogens (tertiary/aromatic N) is 2. The summed E-state index contributed by atoms with van der Waals surface area (Å²) in [7, 11) is 0. The number of benzene rings is 1. The average molecular weight is 521 g/mol. The Balaban J connectivity index is 1.40. The molecule has 1 aliphatic heterocycles. The van der Waals surface area contributed by atoms with Crippen molar-refractivity contribution in [1.82, 2.24) is 10.2 Å². The highest BCUT2D eigenvalue weighted by Crippen LogP contribution is 2.34. The van der Waals surface area contributed by atoms with Crippen molar-refractivity contribution in [3.8, 4) is 0 Å². The van der Waals surface area contributed by atoms with Gasteiger partial charge in [-0.2, -0.15) is 0 Å². The minimum Gasteiger partial charge on any atom is -0.444 e. The first kappa shape index (κ1) is 28.7. The van der Waals surface area contributed by atoms with Crippen LogP contribution in [0.4, 0.5) is 19.7 Å². The molecule has 3 rings (SSSR count). The molecule has 0 radical (unpaired) electrons. The van der Waals surface area contributed by atoms with Crippen LogP contribution in [0.25, 0.3) is 0 Å². The molecule has 1 saturated carbocycles. The highest BCUT2D eigenvalue weighted by atomic mass is 19.1. The van der Waals surface area contributed by atoms with Crippen LogP contribution in [0.2, 0.25) is 0 Å². The number of carbonyl (C=O) groups excluding carboxylic acids is 2. The van der Waals surface area contributed by atoms with Gasteiger partial charge in [-0.25, -0.2) is 14.0 Å². The number of anilines is 1. The van der Waals surface area contributed by atoms with Gasteiger partial charge >= 0.3 is 12.1 Å². The molecular formula is C27H41FN4O5. The molecule has 1 saturated heterocycles. The molecule has 2 fully saturated rings. The number of halogens is 1. The molecule has 1 aromatic rings. The SMILES string of the molecule is CCOCCNC(=O)Nc1ccc(C2CCC(=NOC3CCN(C(=O)OC(C)(C)C)CC3)CC2)c(F)c1. The maximum Gasteiger partial charge on any atom is 0.410 e. The first-order chi connectivity index (χ1) is 17.6. The van der Waals surface area contributed by atoms with Crippen LogP contribution < -0.4 is 10.6 Å². The van der Waals surface area contributed by atoms with Crippen molar-refractivity contribution < 1.29 is 28.3 Å². The summed E-state index contributed by atoms with van der Waals surface area (Å²) in [4.78, 5) is 31.6. The maximum atomic E-state index is 14.8. The monoisotopic (exact) mass is 520 g/mol. The second-order valence-corrected chi connectivity index (χ2v) is 10.5. The van der Waals surface area contributed by atoms with Gasteiger partial charge in [0.25, 0.3) is 0 Å². The fourth-order valence-electron chi connectivity index (χ4n) is 4.46. The van der Waals surface area contributed by atoms with Crippen LogP contribution in [0.5, 0.6) is 0 Å². The Morgan fingerprint density at radius 1 is 1.14 bits per heavy atom. The number of urea groups is 1. The van der Waals surface area contributed by atoms with E-state index in [0.29, 0.717) is 44.1 Å². The zero-order valence-corrected chi connectivity index (χ0v) is 22.5. The van der Waals surface area contributed by atoms with Gasteiger partial charge in [0, 0.05) is 44.8 Å². The molecule has 0 atom stereocenters. The summed E-state index contributed by atoms with van der Waals surface area (Å²) < 4.78 is 25.4. The lowest BCUT2D eigenvalue weighted by Gasteiger charge is -2.32. The zero-order valence-electron chi connectivity index (χ0n) is 22.5. The third kappa shape index (κ3) is 9.50. The van der Waals surface area contributed by atoms with Gasteiger partial charge in [-0.3, -0.25) is 0 Å². The summed E-state index contributed by atoms with van der Waals surface area (Å²) in [5.74, 6) is -0.212. The molecule has 0 aromatic heterocycles. The van der Waals surface area contributed by atoms with Gasteiger partial charge in [0.15, 0.2) is 0 Å². The van der Waals surface area contributed by atoms with E-state index < -0.39 is 5.60 Å². The van der Waals surface area contributed by atoms with Crippen molar-refractivity contribution in [3.63, 3.8) is 0 Å². The zero-order chi connectivity index (χ0) is 26.8. The molecular weight excluding hydrogens is 479 g/mol. The third-order valence-corrected chi connectivity index (χ3v) is 6.42. The predicted molar refractivity (Wildman–Crippen MR) is 140 cm³/mol. The molecule has 0 unspecified atom stereocenters. The van der Waals surface area contributed by atoms with Crippen LogP contribution in [-0.2, 0) is 14.3 Å². The fourth-order valence-corrected chi connectivity index (χ4v) is 4.46. The summed E-state index contributed by atoms with van der Waals surface area (Å²) in [6, 6.07) is 4.47. The Morgan fingerprint density at radius 3 is 2.46 bits per heavy atom. The lowest BCUT2D eigenvalue weighted by atomic mass is 9.83. The van der Waals surface area contributed by atoms with Gasteiger partial charge < -0.3 is 29.8 Å². The molecule has 9 nitrogen and oxygen atoms in total. The molecule has 206 valence electrons. The smallest absolute Gasteiger partial charge is 0.410 e. The van der Waals surface area contributed by atoms with E-state index in [-0.39, 0.29) is 30.0 Å². The Kier molecular flexibility index (Phi) is 10.5. The maximum absolute atomic E-state index is 14.8. The molecule has 10 heteroatoms.